The predicted molar refractivity (Wildman–Crippen MR) is 176 cm³/mol. The Balaban J connectivity index is 1.51. The highest BCUT2D eigenvalue weighted by Crippen LogP contribution is 2.65. The molecule has 0 unspecified atom stereocenters. The first-order valence-corrected chi connectivity index (χ1v) is 16.2. The molecular formula is C38H38F6N2O2. The molecule has 48 heavy (non-hydrogen) atoms. The number of halogens is 6. The number of morpholine rings is 1. The molecule has 1 saturated heterocycles. The number of phenols is 1. The van der Waals surface area contributed by atoms with Gasteiger partial charge in [-0.2, -0.15) is 4.90 Å². The van der Waals surface area contributed by atoms with Crippen LogP contribution in [0.1, 0.15) is 58.1 Å². The molecule has 2 fully saturated rings. The van der Waals surface area contributed by atoms with E-state index in [4.69, 9.17) is 4.74 Å². The number of rotatable bonds is 3. The van der Waals surface area contributed by atoms with E-state index < -0.39 is 28.6 Å². The lowest BCUT2D eigenvalue weighted by Gasteiger charge is -2.51. The maximum Gasteiger partial charge on any atom is 0.491 e. The number of hydrogen-bond acceptors (Lipinski definition) is 4. The molecule has 1 N–H and O–H groups in total. The minimum Gasteiger partial charge on any atom is -0.507 e. The molecule has 4 aromatic rings. The van der Waals surface area contributed by atoms with E-state index in [9.17, 15) is 31.4 Å². The van der Waals surface area contributed by atoms with Crippen molar-refractivity contribution in [3.8, 4) is 28.0 Å². The Labute approximate surface area is 275 Å². The summed E-state index contributed by atoms with van der Waals surface area (Å²) in [5.74, 6) is -0.180. The molecular weight excluding hydrogens is 630 g/mol. The number of aromatic hydroxyl groups is 1. The van der Waals surface area contributed by atoms with Crippen molar-refractivity contribution in [2.24, 2.45) is 10.8 Å². The number of anilines is 2. The molecule has 1 spiro atoms. The zero-order chi connectivity index (χ0) is 34.4. The first-order valence-electron chi connectivity index (χ1n) is 16.2. The molecule has 254 valence electrons. The van der Waals surface area contributed by atoms with Gasteiger partial charge < -0.3 is 14.7 Å². The van der Waals surface area contributed by atoms with E-state index in [1.165, 1.54) is 18.2 Å². The summed E-state index contributed by atoms with van der Waals surface area (Å²) < 4.78 is 92.3. The van der Waals surface area contributed by atoms with E-state index in [0.29, 0.717) is 31.9 Å². The van der Waals surface area contributed by atoms with Crippen LogP contribution in [-0.4, -0.2) is 44.0 Å². The first kappa shape index (κ1) is 32.6. The third kappa shape index (κ3) is 5.36. The summed E-state index contributed by atoms with van der Waals surface area (Å²) in [5, 5.41) is 12.0. The van der Waals surface area contributed by atoms with E-state index in [1.54, 1.807) is 18.2 Å². The normalized spacial score (nSPS) is 19.8. The van der Waals surface area contributed by atoms with Crippen molar-refractivity contribution in [1.82, 2.24) is 0 Å². The Morgan fingerprint density at radius 3 is 1.92 bits per heavy atom. The molecule has 0 amide bonds. The summed E-state index contributed by atoms with van der Waals surface area (Å²) in [6.07, 6.45) is -9.16. The molecule has 0 bridgehead atoms. The van der Waals surface area contributed by atoms with Gasteiger partial charge in [-0.3, -0.25) is 0 Å². The van der Waals surface area contributed by atoms with Crippen LogP contribution in [0.3, 0.4) is 0 Å². The molecule has 3 aliphatic rings. The third-order valence-corrected chi connectivity index (χ3v) is 10.3. The van der Waals surface area contributed by atoms with E-state index in [0.717, 1.165) is 47.7 Å². The van der Waals surface area contributed by atoms with Crippen molar-refractivity contribution in [1.29, 1.82) is 0 Å². The molecule has 4 aromatic carbocycles. The topological polar surface area (TPSA) is 35.9 Å². The number of hydrogen-bond donors (Lipinski definition) is 1. The second-order valence-electron chi connectivity index (χ2n) is 15.1. The molecule has 0 radical (unpaired) electrons. The predicted octanol–water partition coefficient (Wildman–Crippen LogP) is 10.4. The zero-order valence-corrected chi connectivity index (χ0v) is 27.3. The molecule has 4 nitrogen and oxygen atoms in total. The summed E-state index contributed by atoms with van der Waals surface area (Å²) in [6, 6.07) is 18.0. The maximum absolute atomic E-state index is 14.5. The molecule has 1 saturated carbocycles. The van der Waals surface area contributed by atoms with Crippen molar-refractivity contribution in [3.05, 3.63) is 77.9 Å². The van der Waals surface area contributed by atoms with E-state index in [1.807, 2.05) is 29.2 Å². The van der Waals surface area contributed by atoms with Crippen LogP contribution >= 0.6 is 0 Å². The fourth-order valence-electron chi connectivity index (χ4n) is 9.37. The van der Waals surface area contributed by atoms with E-state index in [2.05, 4.69) is 27.7 Å². The fraction of sp³-hybridized carbons (Fsp3) is 0.421. The molecule has 0 aromatic heterocycles. The minimum absolute atomic E-state index is 0.118. The van der Waals surface area contributed by atoms with Crippen molar-refractivity contribution < 1.29 is 36.2 Å². The second kappa shape index (κ2) is 10.8. The van der Waals surface area contributed by atoms with Gasteiger partial charge in [-0.15, -0.1) is 26.3 Å². The highest BCUT2D eigenvalue weighted by molar-refractivity contribution is 6.09. The molecule has 0 atom stereocenters. The Bertz CT molecular complexity index is 1860. The molecule has 10 heteroatoms. The highest BCUT2D eigenvalue weighted by Gasteiger charge is 2.56. The number of benzene rings is 4. The monoisotopic (exact) mass is 668 g/mol. The number of alkyl halides is 6. The Kier molecular flexibility index (Phi) is 7.33. The average molecular weight is 669 g/mol. The van der Waals surface area contributed by atoms with Crippen molar-refractivity contribution in [3.63, 3.8) is 0 Å². The van der Waals surface area contributed by atoms with Crippen molar-refractivity contribution in [2.45, 2.75) is 65.0 Å². The van der Waals surface area contributed by atoms with Crippen LogP contribution in [0.15, 0.2) is 66.7 Å². The largest absolute Gasteiger partial charge is 0.507 e. The summed E-state index contributed by atoms with van der Waals surface area (Å²) in [4.78, 5) is 0.632. The summed E-state index contributed by atoms with van der Waals surface area (Å²) >= 11 is 0. The van der Waals surface area contributed by atoms with Gasteiger partial charge in [0.25, 0.3) is 0 Å². The van der Waals surface area contributed by atoms with E-state index in [-0.39, 0.29) is 38.5 Å². The molecule has 1 heterocycles. The van der Waals surface area contributed by atoms with Crippen LogP contribution in [-0.2, 0) is 10.2 Å². The van der Waals surface area contributed by atoms with Crippen LogP contribution in [0.25, 0.3) is 33.0 Å². The van der Waals surface area contributed by atoms with Gasteiger partial charge in [-0.1, -0.05) is 64.1 Å². The number of phenolic OH excluding ortho intramolecular Hbond substituents is 1. The Morgan fingerprint density at radius 2 is 1.31 bits per heavy atom. The second-order valence-corrected chi connectivity index (χ2v) is 15.1. The Hall–Kier alpha value is -3.92. The SMILES string of the molecule is CC1(C)CC(C)(C)CC2(C1)c1ccccc1-c1c2cc(O)c2cc(-c3ccc(N4CCOCC4)cc3)c(N(C(F)(F)F)C(F)(F)F)cc12. The third-order valence-electron chi connectivity index (χ3n) is 10.3. The van der Waals surface area contributed by atoms with Crippen LogP contribution in [0, 0.1) is 10.8 Å². The first-order chi connectivity index (χ1) is 22.4. The molecule has 2 aliphatic carbocycles. The van der Waals surface area contributed by atoms with Crippen LogP contribution < -0.4 is 9.80 Å². The number of nitrogens with zero attached hydrogens (tertiary/aromatic N) is 2. The van der Waals surface area contributed by atoms with Gasteiger partial charge in [0.1, 0.15) is 5.75 Å². The van der Waals surface area contributed by atoms with Gasteiger partial charge >= 0.3 is 12.6 Å². The Morgan fingerprint density at radius 1 is 0.708 bits per heavy atom. The summed E-state index contributed by atoms with van der Waals surface area (Å²) in [7, 11) is 0. The van der Waals surface area contributed by atoms with E-state index >= 15 is 0 Å². The van der Waals surface area contributed by atoms with Gasteiger partial charge in [0.2, 0.25) is 0 Å². The highest BCUT2D eigenvalue weighted by atomic mass is 19.4. The summed E-state index contributed by atoms with van der Waals surface area (Å²) in [5.41, 5.74) is 1.87. The lowest BCUT2D eigenvalue weighted by molar-refractivity contribution is -0.226. The lowest BCUT2D eigenvalue weighted by atomic mass is 9.52. The van der Waals surface area contributed by atoms with Crippen LogP contribution in [0.2, 0.25) is 0 Å². The van der Waals surface area contributed by atoms with Gasteiger partial charge in [0, 0.05) is 35.1 Å². The van der Waals surface area contributed by atoms with Crippen LogP contribution in [0.5, 0.6) is 5.75 Å². The van der Waals surface area contributed by atoms with Crippen molar-refractivity contribution >= 4 is 22.1 Å². The van der Waals surface area contributed by atoms with Crippen molar-refractivity contribution in [2.75, 3.05) is 36.1 Å². The summed E-state index contributed by atoms with van der Waals surface area (Å²) in [6.45, 7) is 11.0. The van der Waals surface area contributed by atoms with Crippen LogP contribution in [0.4, 0.5) is 37.7 Å². The number of ether oxygens (including phenoxy) is 1. The number of fused-ring (bicyclic) bond motifs is 7. The average Bonchev–Trinajstić information content (AvgIpc) is 3.22. The lowest BCUT2D eigenvalue weighted by Crippen LogP contribution is -2.48. The molecule has 1 aliphatic heterocycles. The molecule has 7 rings (SSSR count). The van der Waals surface area contributed by atoms with Gasteiger partial charge in [-0.05, 0) is 93.6 Å². The minimum atomic E-state index is -5.77. The van der Waals surface area contributed by atoms with Gasteiger partial charge in [-0.25, -0.2) is 0 Å². The quantitative estimate of drug-likeness (QED) is 0.174. The fourth-order valence-corrected chi connectivity index (χ4v) is 9.37. The zero-order valence-electron chi connectivity index (χ0n) is 27.3. The van der Waals surface area contributed by atoms with Gasteiger partial charge in [0.15, 0.2) is 0 Å². The van der Waals surface area contributed by atoms with Gasteiger partial charge in [0.05, 0.1) is 18.9 Å². The maximum atomic E-state index is 14.5. The smallest absolute Gasteiger partial charge is 0.491 e. The standard InChI is InChI=1S/C38H38F6N2O2/c1-34(2)20-35(3,4)22-36(21-34)29-8-6-5-7-25(29)33-28-18-31(46(37(39,40)41)38(42,43)44)26(17-27(28)32(47)19-30(33)36)23-9-11-24(12-10-23)45-13-15-48-16-14-45/h5-12,17-19,47H,13-16,20-22H2,1-4H3.